The van der Waals surface area contributed by atoms with Crippen LogP contribution in [0.25, 0.3) is 0 Å². The smallest absolute Gasteiger partial charge is 0.347 e. The Morgan fingerprint density at radius 1 is 1.03 bits per heavy atom. The molecule has 5 aliphatic rings. The summed E-state index contributed by atoms with van der Waals surface area (Å²) in [7, 11) is 0. The number of cyclic esters (lactones) is 1. The fraction of sp³-hybridized carbons (Fsp3) is 0.741. The maximum absolute atomic E-state index is 12.4. The minimum atomic E-state index is -0.839. The van der Waals surface area contributed by atoms with Crippen LogP contribution in [0.15, 0.2) is 23.8 Å². The SMILES string of the molecule is C[C@@]12CCC[C@H]1[C@@H]1CCC3=CC(OC(=O)CCC(=O)OC4CCOC4=O)C=C[C@]3(C)[C@H]1CC2. The molecule has 33 heavy (non-hydrogen) atoms. The molecule has 0 radical (unpaired) electrons. The quantitative estimate of drug-likeness (QED) is 0.340. The molecule has 5 rings (SSSR count). The van der Waals surface area contributed by atoms with Gasteiger partial charge in [0.05, 0.1) is 19.4 Å². The van der Waals surface area contributed by atoms with Gasteiger partial charge in [-0.05, 0) is 73.8 Å². The number of carbonyl (C=O) groups excluding carboxylic acids is 3. The van der Waals surface area contributed by atoms with Gasteiger partial charge in [0.25, 0.3) is 0 Å². The Labute approximate surface area is 196 Å². The summed E-state index contributed by atoms with van der Waals surface area (Å²) in [5, 5.41) is 0. The second-order valence-corrected chi connectivity index (χ2v) is 11.2. The van der Waals surface area contributed by atoms with Crippen molar-refractivity contribution in [2.75, 3.05) is 6.61 Å². The highest BCUT2D eigenvalue weighted by Crippen LogP contribution is 2.64. The van der Waals surface area contributed by atoms with Gasteiger partial charge in [-0.2, -0.15) is 0 Å². The molecule has 7 atom stereocenters. The van der Waals surface area contributed by atoms with Crippen LogP contribution in [-0.2, 0) is 28.6 Å². The lowest BCUT2D eigenvalue weighted by Crippen LogP contribution is -2.48. The van der Waals surface area contributed by atoms with Crippen molar-refractivity contribution in [2.24, 2.45) is 28.6 Å². The van der Waals surface area contributed by atoms with Crippen LogP contribution in [-0.4, -0.2) is 36.7 Å². The molecule has 1 aliphatic heterocycles. The van der Waals surface area contributed by atoms with Gasteiger partial charge in [0.2, 0.25) is 6.10 Å². The molecular weight excluding hydrogens is 420 g/mol. The highest BCUT2D eigenvalue weighted by Gasteiger charge is 2.55. The summed E-state index contributed by atoms with van der Waals surface area (Å²) in [6.07, 6.45) is 14.6. The summed E-state index contributed by atoms with van der Waals surface area (Å²) in [6, 6.07) is 0. The molecule has 6 heteroatoms. The van der Waals surface area contributed by atoms with Gasteiger partial charge in [-0.3, -0.25) is 9.59 Å². The van der Waals surface area contributed by atoms with Gasteiger partial charge in [0.15, 0.2) is 0 Å². The largest absolute Gasteiger partial charge is 0.463 e. The van der Waals surface area contributed by atoms with Crippen LogP contribution in [0.3, 0.4) is 0 Å². The molecule has 0 spiro atoms. The van der Waals surface area contributed by atoms with E-state index >= 15 is 0 Å². The first-order chi connectivity index (χ1) is 15.8. The summed E-state index contributed by atoms with van der Waals surface area (Å²) >= 11 is 0. The molecule has 1 saturated heterocycles. The number of hydrogen-bond acceptors (Lipinski definition) is 6. The molecule has 6 nitrogen and oxygen atoms in total. The third-order valence-electron chi connectivity index (χ3n) is 9.39. The van der Waals surface area contributed by atoms with Crippen molar-refractivity contribution in [1.29, 1.82) is 0 Å². The van der Waals surface area contributed by atoms with Crippen LogP contribution in [0.1, 0.15) is 78.1 Å². The molecule has 180 valence electrons. The van der Waals surface area contributed by atoms with Crippen molar-refractivity contribution in [3.05, 3.63) is 23.8 Å². The lowest BCUT2D eigenvalue weighted by molar-refractivity contribution is -0.161. The van der Waals surface area contributed by atoms with E-state index in [9.17, 15) is 14.4 Å². The predicted octanol–water partition coefficient (Wildman–Crippen LogP) is 4.67. The van der Waals surface area contributed by atoms with Gasteiger partial charge in [-0.1, -0.05) is 31.9 Å². The molecule has 0 bridgehead atoms. The summed E-state index contributed by atoms with van der Waals surface area (Å²) in [6.45, 7) is 5.17. The van der Waals surface area contributed by atoms with Crippen molar-refractivity contribution >= 4 is 17.9 Å². The molecule has 0 amide bonds. The summed E-state index contributed by atoms with van der Waals surface area (Å²) < 4.78 is 15.5. The van der Waals surface area contributed by atoms with E-state index in [4.69, 9.17) is 14.2 Å². The van der Waals surface area contributed by atoms with Crippen molar-refractivity contribution in [1.82, 2.24) is 0 Å². The number of fused-ring (bicyclic) bond motifs is 5. The van der Waals surface area contributed by atoms with Crippen molar-refractivity contribution in [2.45, 2.75) is 90.3 Å². The second kappa shape index (κ2) is 8.59. The number of allylic oxidation sites excluding steroid dienone is 2. The number of rotatable bonds is 5. The van der Waals surface area contributed by atoms with Gasteiger partial charge in [-0.25, -0.2) is 4.79 Å². The zero-order chi connectivity index (χ0) is 23.2. The summed E-state index contributed by atoms with van der Waals surface area (Å²) in [5.74, 6) is 0.834. The Morgan fingerprint density at radius 3 is 2.58 bits per heavy atom. The van der Waals surface area contributed by atoms with Gasteiger partial charge in [0.1, 0.15) is 6.10 Å². The van der Waals surface area contributed by atoms with Gasteiger partial charge in [-0.15, -0.1) is 0 Å². The highest BCUT2D eigenvalue weighted by molar-refractivity contribution is 5.82. The lowest BCUT2D eigenvalue weighted by atomic mass is 9.48. The van der Waals surface area contributed by atoms with E-state index in [1.807, 2.05) is 6.08 Å². The van der Waals surface area contributed by atoms with Crippen molar-refractivity contribution < 1.29 is 28.6 Å². The molecule has 4 fully saturated rings. The summed E-state index contributed by atoms with van der Waals surface area (Å²) in [5.41, 5.74) is 2.02. The third-order valence-corrected chi connectivity index (χ3v) is 9.39. The minimum Gasteiger partial charge on any atom is -0.463 e. The fourth-order valence-electron chi connectivity index (χ4n) is 7.59. The topological polar surface area (TPSA) is 78.9 Å². The van der Waals surface area contributed by atoms with E-state index in [1.165, 1.54) is 44.1 Å². The van der Waals surface area contributed by atoms with E-state index in [0.29, 0.717) is 17.8 Å². The molecule has 0 aromatic carbocycles. The van der Waals surface area contributed by atoms with E-state index in [0.717, 1.165) is 18.3 Å². The van der Waals surface area contributed by atoms with Crippen LogP contribution in [0.5, 0.6) is 0 Å². The van der Waals surface area contributed by atoms with E-state index in [1.54, 1.807) is 0 Å². The molecule has 0 aromatic rings. The number of ether oxygens (including phenoxy) is 3. The first-order valence-electron chi connectivity index (χ1n) is 12.7. The summed E-state index contributed by atoms with van der Waals surface area (Å²) in [4.78, 5) is 35.7. The zero-order valence-electron chi connectivity index (χ0n) is 19.8. The first-order valence-corrected chi connectivity index (χ1v) is 12.7. The molecule has 0 aromatic heterocycles. The number of esters is 3. The van der Waals surface area contributed by atoms with Gasteiger partial charge in [0, 0.05) is 11.8 Å². The first kappa shape index (κ1) is 22.7. The predicted molar refractivity (Wildman–Crippen MR) is 121 cm³/mol. The molecule has 4 aliphatic carbocycles. The Kier molecular flexibility index (Phi) is 5.90. The average Bonchev–Trinajstić information content (AvgIpc) is 3.37. The maximum atomic E-state index is 12.4. The second-order valence-electron chi connectivity index (χ2n) is 11.2. The number of carbonyl (C=O) groups is 3. The van der Waals surface area contributed by atoms with Crippen LogP contribution >= 0.6 is 0 Å². The Morgan fingerprint density at radius 2 is 1.82 bits per heavy atom. The molecule has 0 N–H and O–H groups in total. The van der Waals surface area contributed by atoms with Crippen molar-refractivity contribution in [3.8, 4) is 0 Å². The standard InChI is InChI=1S/C27H36O6/c1-26-12-3-4-20(26)19-6-5-17-16-18(9-14-27(17,2)21(19)10-13-26)32-23(28)7-8-24(29)33-22-11-15-31-25(22)30/h9,14,16,18-22H,3-8,10-13,15H2,1-2H3/t18?,19-,20-,21-,22?,26-,27-/m0/s1. The van der Waals surface area contributed by atoms with Crippen LogP contribution in [0, 0.1) is 28.6 Å². The van der Waals surface area contributed by atoms with Crippen LogP contribution in [0.4, 0.5) is 0 Å². The Hall–Kier alpha value is -2.11. The van der Waals surface area contributed by atoms with E-state index in [2.05, 4.69) is 26.0 Å². The van der Waals surface area contributed by atoms with E-state index < -0.39 is 24.0 Å². The third kappa shape index (κ3) is 4.15. The molecule has 2 unspecified atom stereocenters. The normalized spacial score (nSPS) is 41.3. The number of hydrogen-bond donors (Lipinski definition) is 0. The molecular formula is C27H36O6. The monoisotopic (exact) mass is 456 g/mol. The van der Waals surface area contributed by atoms with E-state index in [-0.39, 0.29) is 31.0 Å². The highest BCUT2D eigenvalue weighted by atomic mass is 16.6. The van der Waals surface area contributed by atoms with Crippen LogP contribution in [0.2, 0.25) is 0 Å². The zero-order valence-corrected chi connectivity index (χ0v) is 19.8. The van der Waals surface area contributed by atoms with Gasteiger partial charge >= 0.3 is 17.9 Å². The average molecular weight is 457 g/mol. The van der Waals surface area contributed by atoms with Gasteiger partial charge < -0.3 is 14.2 Å². The fourth-order valence-corrected chi connectivity index (χ4v) is 7.59. The van der Waals surface area contributed by atoms with Crippen molar-refractivity contribution in [3.63, 3.8) is 0 Å². The lowest BCUT2D eigenvalue weighted by Gasteiger charge is -2.56. The molecule has 1 heterocycles. The Balaban J connectivity index is 1.16. The minimum absolute atomic E-state index is 0.0592. The maximum Gasteiger partial charge on any atom is 0.347 e. The Bertz CT molecular complexity index is 889. The molecule has 3 saturated carbocycles. The van der Waals surface area contributed by atoms with Crippen LogP contribution < -0.4 is 0 Å².